The lowest BCUT2D eigenvalue weighted by atomic mass is 9.94. The number of aliphatic hydroxyl groups excluding tert-OH is 1. The number of hydrogen-bond donors (Lipinski definition) is 4. The van der Waals surface area contributed by atoms with Gasteiger partial charge in [0.05, 0.1) is 12.2 Å². The normalized spacial score (nSPS) is 14.1. The molecule has 36 heavy (non-hydrogen) atoms. The molecule has 12 nitrogen and oxygen atoms in total. The molecule has 2 aromatic rings. The van der Waals surface area contributed by atoms with Crippen molar-refractivity contribution >= 4 is 19.5 Å². The van der Waals surface area contributed by atoms with Crippen molar-refractivity contribution in [2.45, 2.75) is 52.2 Å². The number of hydrogen-bond acceptors (Lipinski definition) is 8. The summed E-state index contributed by atoms with van der Waals surface area (Å²) in [5.74, 6) is -3.84. The maximum Gasteiger partial charge on any atom is 0.357 e. The van der Waals surface area contributed by atoms with E-state index in [2.05, 4.69) is 0 Å². The highest BCUT2D eigenvalue weighted by Gasteiger charge is 2.56. The quantitative estimate of drug-likeness (QED) is 0.260. The monoisotopic (exact) mass is 526 g/mol. The zero-order chi connectivity index (χ0) is 27.4. The molecule has 1 aromatic heterocycles. The summed E-state index contributed by atoms with van der Waals surface area (Å²) in [6.45, 7) is 6.32. The van der Waals surface area contributed by atoms with Gasteiger partial charge in [0.1, 0.15) is 6.10 Å². The first kappa shape index (κ1) is 29.3. The highest BCUT2D eigenvalue weighted by molar-refractivity contribution is 7.53. The molecular formula is C23H31N2O10P. The minimum Gasteiger partial charge on any atom is -0.446 e. The van der Waals surface area contributed by atoms with E-state index in [1.807, 2.05) is 4.98 Å². The molecule has 1 aromatic carbocycles. The third kappa shape index (κ3) is 5.91. The molecule has 0 bridgehead atoms. The highest BCUT2D eigenvalue weighted by Crippen LogP contribution is 2.59. The minimum absolute atomic E-state index is 0.00789. The van der Waals surface area contributed by atoms with Gasteiger partial charge in [-0.1, -0.05) is 45.9 Å². The van der Waals surface area contributed by atoms with Crippen molar-refractivity contribution in [1.82, 2.24) is 9.55 Å². The topological polar surface area (TPSA) is 185 Å². The third-order valence-corrected chi connectivity index (χ3v) is 7.86. The van der Waals surface area contributed by atoms with Crippen LogP contribution in [0.4, 0.5) is 0 Å². The van der Waals surface area contributed by atoms with Gasteiger partial charge in [-0.25, -0.2) is 14.2 Å². The predicted molar refractivity (Wildman–Crippen MR) is 129 cm³/mol. The lowest BCUT2D eigenvalue weighted by Gasteiger charge is -2.44. The zero-order valence-corrected chi connectivity index (χ0v) is 21.5. The SMILES string of the molecule is Cc1cn(C(=O)[C@H](OC(=O)c2ccccc2)[C@H](CO)OC(C(C)C)(C(C)C)P(=O)(O)O)c(=O)[nH]c1=O. The van der Waals surface area contributed by atoms with Crippen molar-refractivity contribution in [3.8, 4) is 0 Å². The second-order valence-electron chi connectivity index (χ2n) is 8.92. The van der Waals surface area contributed by atoms with Crippen LogP contribution in [0.1, 0.15) is 48.4 Å². The molecule has 0 unspecified atom stereocenters. The number of benzene rings is 1. The number of esters is 1. The van der Waals surface area contributed by atoms with Crippen LogP contribution in [0.15, 0.2) is 46.1 Å². The Hall–Kier alpha value is -2.89. The number of H-pyrrole nitrogens is 1. The first-order valence-corrected chi connectivity index (χ1v) is 12.8. The first-order chi connectivity index (χ1) is 16.7. The molecule has 13 heteroatoms. The van der Waals surface area contributed by atoms with Gasteiger partial charge in [-0.2, -0.15) is 0 Å². The number of aromatic amines is 1. The number of aryl methyl sites for hydroxylation is 1. The summed E-state index contributed by atoms with van der Waals surface area (Å²) < 4.78 is 24.3. The van der Waals surface area contributed by atoms with E-state index in [1.54, 1.807) is 18.2 Å². The van der Waals surface area contributed by atoms with Gasteiger partial charge in [0.15, 0.2) is 5.34 Å². The number of ether oxygens (including phenoxy) is 2. The van der Waals surface area contributed by atoms with E-state index in [0.29, 0.717) is 4.57 Å². The van der Waals surface area contributed by atoms with E-state index >= 15 is 0 Å². The molecule has 0 spiro atoms. The molecule has 0 fully saturated rings. The average molecular weight is 526 g/mol. The molecule has 0 saturated carbocycles. The van der Waals surface area contributed by atoms with Crippen molar-refractivity contribution in [3.05, 3.63) is 68.5 Å². The molecule has 0 radical (unpaired) electrons. The Balaban J connectivity index is 2.66. The first-order valence-electron chi connectivity index (χ1n) is 11.1. The Kier molecular flexibility index (Phi) is 9.33. The largest absolute Gasteiger partial charge is 0.446 e. The van der Waals surface area contributed by atoms with E-state index in [1.165, 1.54) is 46.8 Å². The molecule has 198 valence electrons. The van der Waals surface area contributed by atoms with Crippen LogP contribution in [0, 0.1) is 18.8 Å². The Morgan fingerprint density at radius 2 is 1.64 bits per heavy atom. The van der Waals surface area contributed by atoms with Crippen LogP contribution < -0.4 is 11.2 Å². The molecule has 0 aliphatic heterocycles. The molecule has 0 aliphatic carbocycles. The van der Waals surface area contributed by atoms with Crippen molar-refractivity contribution in [2.24, 2.45) is 11.8 Å². The fraction of sp³-hybridized carbons (Fsp3) is 0.478. The number of nitrogens with zero attached hydrogens (tertiary/aromatic N) is 1. The molecular weight excluding hydrogens is 495 g/mol. The number of carbonyl (C=O) groups is 2. The molecule has 0 aliphatic rings. The fourth-order valence-electron chi connectivity index (χ4n) is 4.03. The number of rotatable bonds is 10. The lowest BCUT2D eigenvalue weighted by Crippen LogP contribution is -2.54. The van der Waals surface area contributed by atoms with Gasteiger partial charge in [0.2, 0.25) is 6.10 Å². The van der Waals surface area contributed by atoms with E-state index in [4.69, 9.17) is 9.47 Å². The van der Waals surface area contributed by atoms with E-state index in [-0.39, 0.29) is 11.1 Å². The van der Waals surface area contributed by atoms with Gasteiger partial charge in [0, 0.05) is 11.8 Å². The van der Waals surface area contributed by atoms with Crippen LogP contribution in [0.5, 0.6) is 0 Å². The Bertz CT molecular complexity index is 1240. The molecule has 0 amide bonds. The second-order valence-corrected chi connectivity index (χ2v) is 10.7. The minimum atomic E-state index is -5.05. The third-order valence-electron chi connectivity index (χ3n) is 5.81. The Morgan fingerprint density at radius 1 is 1.08 bits per heavy atom. The Labute approximate surface area is 207 Å². The Morgan fingerprint density at radius 3 is 2.11 bits per heavy atom. The van der Waals surface area contributed by atoms with Crippen LogP contribution in [-0.2, 0) is 14.0 Å². The zero-order valence-electron chi connectivity index (χ0n) is 20.6. The van der Waals surface area contributed by atoms with Crippen molar-refractivity contribution in [1.29, 1.82) is 0 Å². The predicted octanol–water partition coefficient (Wildman–Crippen LogP) is 1.27. The van der Waals surface area contributed by atoms with Crippen LogP contribution >= 0.6 is 7.60 Å². The van der Waals surface area contributed by atoms with Crippen molar-refractivity contribution in [3.63, 3.8) is 0 Å². The van der Waals surface area contributed by atoms with Gasteiger partial charge in [0.25, 0.3) is 11.5 Å². The summed E-state index contributed by atoms with van der Waals surface area (Å²) in [6, 6.07) is 7.52. The number of aromatic nitrogens is 2. The summed E-state index contributed by atoms with van der Waals surface area (Å²) in [5, 5.41) is 7.99. The van der Waals surface area contributed by atoms with Gasteiger partial charge < -0.3 is 24.4 Å². The van der Waals surface area contributed by atoms with Gasteiger partial charge in [-0.15, -0.1) is 0 Å². The molecule has 1 heterocycles. The van der Waals surface area contributed by atoms with E-state index < -0.39 is 66.7 Å². The molecule has 4 N–H and O–H groups in total. The fourth-order valence-corrected chi connectivity index (χ4v) is 5.65. The van der Waals surface area contributed by atoms with E-state index in [9.17, 15) is 38.6 Å². The van der Waals surface area contributed by atoms with Gasteiger partial charge in [-0.05, 0) is 30.9 Å². The number of aliphatic hydroxyl groups is 1. The van der Waals surface area contributed by atoms with Crippen LogP contribution in [0.2, 0.25) is 0 Å². The maximum atomic E-state index is 13.5. The lowest BCUT2D eigenvalue weighted by molar-refractivity contribution is -0.148. The van der Waals surface area contributed by atoms with E-state index in [0.717, 1.165) is 6.20 Å². The summed E-state index contributed by atoms with van der Waals surface area (Å²) >= 11 is 0. The number of carbonyl (C=O) groups excluding carboxylic acids is 2. The molecule has 2 rings (SSSR count). The van der Waals surface area contributed by atoms with Crippen LogP contribution in [-0.4, -0.2) is 60.5 Å². The summed E-state index contributed by atoms with van der Waals surface area (Å²) in [4.78, 5) is 72.9. The standard InChI is InChI=1S/C23H31N2O10P/c1-13(2)23(14(3)4,36(31,32)33)35-17(12-26)18(34-21(29)16-9-7-6-8-10-16)20(28)25-11-15(5)19(27)24-22(25)30/h6-11,13-14,17-18,26H,12H2,1-5H3,(H,24,27,30)(H2,31,32,33)/t17-,18+/m0/s1. The summed E-state index contributed by atoms with van der Waals surface area (Å²) in [5.41, 5.74) is -1.85. The maximum absolute atomic E-state index is 13.5. The summed E-state index contributed by atoms with van der Waals surface area (Å²) in [7, 11) is -5.05. The van der Waals surface area contributed by atoms with Crippen LogP contribution in [0.25, 0.3) is 0 Å². The van der Waals surface area contributed by atoms with Gasteiger partial charge in [-0.3, -0.25) is 19.1 Å². The second kappa shape index (κ2) is 11.4. The van der Waals surface area contributed by atoms with Crippen molar-refractivity contribution < 1.29 is 38.5 Å². The average Bonchev–Trinajstić information content (AvgIpc) is 2.79. The van der Waals surface area contributed by atoms with Gasteiger partial charge >= 0.3 is 19.3 Å². The highest BCUT2D eigenvalue weighted by atomic mass is 31.2. The summed E-state index contributed by atoms with van der Waals surface area (Å²) in [6.07, 6.45) is -2.88. The smallest absolute Gasteiger partial charge is 0.357 e. The van der Waals surface area contributed by atoms with Crippen LogP contribution in [0.3, 0.4) is 0 Å². The number of nitrogens with one attached hydrogen (secondary N) is 1. The molecule has 0 saturated heterocycles. The van der Waals surface area contributed by atoms with Crippen molar-refractivity contribution in [2.75, 3.05) is 6.61 Å². The molecule has 2 atom stereocenters.